The van der Waals surface area contributed by atoms with Gasteiger partial charge in [-0.2, -0.15) is 0 Å². The Morgan fingerprint density at radius 2 is 0.556 bits per heavy atom. The first-order chi connectivity index (χ1) is 31.0. The van der Waals surface area contributed by atoms with Gasteiger partial charge < -0.3 is 14.2 Å². The maximum absolute atomic E-state index is 12.8. The summed E-state index contributed by atoms with van der Waals surface area (Å²) >= 11 is 0. The van der Waals surface area contributed by atoms with Crippen molar-refractivity contribution < 1.29 is 28.6 Å². The zero-order chi connectivity index (χ0) is 45.8. The van der Waals surface area contributed by atoms with Crippen molar-refractivity contribution in [2.45, 2.75) is 309 Å². The molecule has 0 aliphatic carbocycles. The Morgan fingerprint density at radius 1 is 0.317 bits per heavy atom. The van der Waals surface area contributed by atoms with E-state index in [1.54, 1.807) is 0 Å². The summed E-state index contributed by atoms with van der Waals surface area (Å²) in [6, 6.07) is 0. The van der Waals surface area contributed by atoms with E-state index in [4.69, 9.17) is 14.2 Å². The second kappa shape index (κ2) is 52.5. The minimum atomic E-state index is -0.776. The molecule has 370 valence electrons. The van der Waals surface area contributed by atoms with Gasteiger partial charge in [-0.3, -0.25) is 14.4 Å². The van der Waals surface area contributed by atoms with Crippen LogP contribution in [-0.2, 0) is 28.6 Å². The summed E-state index contributed by atoms with van der Waals surface area (Å²) < 4.78 is 16.8. The molecule has 0 heterocycles. The number of carbonyl (C=O) groups excluding carboxylic acids is 3. The van der Waals surface area contributed by atoms with Crippen molar-refractivity contribution in [3.63, 3.8) is 0 Å². The van der Waals surface area contributed by atoms with E-state index in [1.807, 2.05) is 0 Å². The molecule has 0 saturated heterocycles. The van der Waals surface area contributed by atoms with Crippen LogP contribution in [0.4, 0.5) is 0 Å². The molecule has 0 saturated carbocycles. The van der Waals surface area contributed by atoms with Crippen molar-refractivity contribution in [3.05, 3.63) is 24.3 Å². The fourth-order valence-corrected chi connectivity index (χ4v) is 8.26. The molecule has 6 nitrogen and oxygen atoms in total. The number of hydrogen-bond acceptors (Lipinski definition) is 6. The van der Waals surface area contributed by atoms with Gasteiger partial charge in [0.2, 0.25) is 0 Å². The molecule has 1 unspecified atom stereocenters. The van der Waals surface area contributed by atoms with E-state index >= 15 is 0 Å². The summed E-state index contributed by atoms with van der Waals surface area (Å²) in [5.41, 5.74) is 0. The highest BCUT2D eigenvalue weighted by Crippen LogP contribution is 2.16. The number of rotatable bonds is 51. The van der Waals surface area contributed by atoms with Crippen LogP contribution in [0.3, 0.4) is 0 Å². The fourth-order valence-electron chi connectivity index (χ4n) is 8.26. The van der Waals surface area contributed by atoms with E-state index in [9.17, 15) is 14.4 Å². The summed E-state index contributed by atoms with van der Waals surface area (Å²) in [5, 5.41) is 0. The molecule has 0 aromatic heterocycles. The largest absolute Gasteiger partial charge is 0.462 e. The molecule has 6 heteroatoms. The molecule has 0 spiro atoms. The third-order valence-corrected chi connectivity index (χ3v) is 12.5. The molecule has 0 N–H and O–H groups in total. The number of esters is 3. The van der Waals surface area contributed by atoms with Gasteiger partial charge in [-0.25, -0.2) is 0 Å². The topological polar surface area (TPSA) is 78.9 Å². The second-order valence-electron chi connectivity index (χ2n) is 18.9. The first-order valence-electron chi connectivity index (χ1n) is 27.9. The van der Waals surface area contributed by atoms with Gasteiger partial charge in [0.25, 0.3) is 0 Å². The van der Waals surface area contributed by atoms with Crippen molar-refractivity contribution in [1.82, 2.24) is 0 Å². The highest BCUT2D eigenvalue weighted by molar-refractivity contribution is 5.71. The number of hydrogen-bond donors (Lipinski definition) is 0. The van der Waals surface area contributed by atoms with Gasteiger partial charge in [0.05, 0.1) is 0 Å². The van der Waals surface area contributed by atoms with Crippen LogP contribution < -0.4 is 0 Å². The van der Waals surface area contributed by atoms with Crippen molar-refractivity contribution in [3.8, 4) is 0 Å². The van der Waals surface area contributed by atoms with E-state index < -0.39 is 6.10 Å². The van der Waals surface area contributed by atoms with Crippen molar-refractivity contribution in [2.75, 3.05) is 13.2 Å². The lowest BCUT2D eigenvalue weighted by molar-refractivity contribution is -0.167. The quantitative estimate of drug-likeness (QED) is 0.0262. The van der Waals surface area contributed by atoms with E-state index in [1.165, 1.54) is 193 Å². The zero-order valence-corrected chi connectivity index (χ0v) is 42.4. The Hall–Kier alpha value is -2.11. The highest BCUT2D eigenvalue weighted by atomic mass is 16.6. The Morgan fingerprint density at radius 3 is 0.857 bits per heavy atom. The van der Waals surface area contributed by atoms with E-state index in [2.05, 4.69) is 45.1 Å². The average Bonchev–Trinajstić information content (AvgIpc) is 3.28. The highest BCUT2D eigenvalue weighted by Gasteiger charge is 2.19. The molecular weight excluding hydrogens is 781 g/mol. The molecule has 0 rings (SSSR count). The average molecular weight is 887 g/mol. The smallest absolute Gasteiger partial charge is 0.306 e. The van der Waals surface area contributed by atoms with Gasteiger partial charge in [0.15, 0.2) is 6.10 Å². The molecule has 0 aliphatic rings. The van der Waals surface area contributed by atoms with Gasteiger partial charge in [-0.05, 0) is 44.9 Å². The molecule has 0 aliphatic heterocycles. The number of carbonyl (C=O) groups is 3. The van der Waals surface area contributed by atoms with E-state index in [-0.39, 0.29) is 31.1 Å². The van der Waals surface area contributed by atoms with Crippen molar-refractivity contribution in [1.29, 1.82) is 0 Å². The molecule has 0 fully saturated rings. The molecule has 0 aromatic carbocycles. The van der Waals surface area contributed by atoms with Crippen LogP contribution in [0.25, 0.3) is 0 Å². The van der Waals surface area contributed by atoms with Crippen LogP contribution >= 0.6 is 0 Å². The van der Waals surface area contributed by atoms with Gasteiger partial charge in [-0.15, -0.1) is 0 Å². The van der Waals surface area contributed by atoms with Gasteiger partial charge in [0.1, 0.15) is 13.2 Å². The lowest BCUT2D eigenvalue weighted by atomic mass is 10.0. The van der Waals surface area contributed by atoms with Gasteiger partial charge in [-0.1, -0.05) is 263 Å². The van der Waals surface area contributed by atoms with Crippen LogP contribution in [0.1, 0.15) is 303 Å². The van der Waals surface area contributed by atoms with Gasteiger partial charge >= 0.3 is 17.9 Å². The summed E-state index contributed by atoms with van der Waals surface area (Å²) in [5.74, 6) is -0.882. The normalized spacial score (nSPS) is 12.1. The molecule has 0 radical (unpaired) electrons. The van der Waals surface area contributed by atoms with Crippen LogP contribution in [0.15, 0.2) is 24.3 Å². The lowest BCUT2D eigenvalue weighted by Gasteiger charge is -2.18. The number of allylic oxidation sites excluding steroid dienone is 4. The molecule has 1 atom stereocenters. The predicted octanol–water partition coefficient (Wildman–Crippen LogP) is 18.3. The first kappa shape index (κ1) is 60.9. The Kier molecular flexibility index (Phi) is 50.8. The first-order valence-corrected chi connectivity index (χ1v) is 27.9. The SMILES string of the molecule is CCCCCCCCC/C=C\C=C/CCCCCC(=O)OCC(COC(=O)CCCCCCCCCCCCCCCC)OC(=O)CCCCCCCCCCCCCCCCC. The third kappa shape index (κ3) is 50.7. The number of unbranched alkanes of at least 4 members (excludes halogenated alkanes) is 37. The molecule has 0 aromatic rings. The van der Waals surface area contributed by atoms with Crippen molar-refractivity contribution in [2.24, 2.45) is 0 Å². The van der Waals surface area contributed by atoms with E-state index in [0.717, 1.165) is 70.6 Å². The Balaban J connectivity index is 4.37. The Bertz CT molecular complexity index is 1020. The third-order valence-electron chi connectivity index (χ3n) is 12.5. The lowest BCUT2D eigenvalue weighted by Crippen LogP contribution is -2.30. The second-order valence-corrected chi connectivity index (χ2v) is 18.9. The summed E-state index contributed by atoms with van der Waals surface area (Å²) in [6.45, 7) is 6.65. The summed E-state index contributed by atoms with van der Waals surface area (Å²) in [4.78, 5) is 38.1. The van der Waals surface area contributed by atoms with Crippen molar-refractivity contribution >= 4 is 17.9 Å². The van der Waals surface area contributed by atoms with Crippen LogP contribution in [0.5, 0.6) is 0 Å². The maximum atomic E-state index is 12.8. The van der Waals surface area contributed by atoms with Crippen LogP contribution in [0, 0.1) is 0 Å². The monoisotopic (exact) mass is 887 g/mol. The molecular formula is C57H106O6. The predicted molar refractivity (Wildman–Crippen MR) is 270 cm³/mol. The molecule has 0 amide bonds. The zero-order valence-electron chi connectivity index (χ0n) is 42.4. The number of ether oxygens (including phenoxy) is 3. The molecule has 0 bridgehead atoms. The summed E-state index contributed by atoms with van der Waals surface area (Å²) in [7, 11) is 0. The standard InChI is InChI=1S/C57H106O6/c1-4-7-10-13-16-19-22-25-28-30-32-35-38-41-44-47-50-56(59)62-53-54(52-61-55(58)49-46-43-40-37-34-31-27-24-21-18-15-12-9-6-3)63-57(60)51-48-45-42-39-36-33-29-26-23-20-17-14-11-8-5-2/h28,30,32,35,54H,4-27,29,31,33-34,36-53H2,1-3H3/b30-28-,35-32-. The fraction of sp³-hybridized carbons (Fsp3) is 0.877. The van der Waals surface area contributed by atoms with Gasteiger partial charge in [0, 0.05) is 19.3 Å². The Labute approximate surface area is 392 Å². The van der Waals surface area contributed by atoms with Crippen LogP contribution in [-0.4, -0.2) is 37.2 Å². The van der Waals surface area contributed by atoms with E-state index in [0.29, 0.717) is 19.3 Å². The maximum Gasteiger partial charge on any atom is 0.306 e. The summed E-state index contributed by atoms with van der Waals surface area (Å²) in [6.07, 6.45) is 60.2. The minimum Gasteiger partial charge on any atom is -0.462 e. The van der Waals surface area contributed by atoms with Crippen LogP contribution in [0.2, 0.25) is 0 Å². The minimum absolute atomic E-state index is 0.0743. The molecule has 63 heavy (non-hydrogen) atoms.